The number of unbranched alkanes of at least 4 members (excludes halogenated alkanes) is 9. The minimum absolute atomic E-state index is 0.119. The summed E-state index contributed by atoms with van der Waals surface area (Å²) in [5.41, 5.74) is 4.16. The average Bonchev–Trinajstić information content (AvgIpc) is 3.00. The Morgan fingerprint density at radius 3 is 2.07 bits per heavy atom. The number of hydrogen-bond donors (Lipinski definition) is 0. The second-order valence-corrected chi connectivity index (χ2v) is 11.0. The summed E-state index contributed by atoms with van der Waals surface area (Å²) in [6.07, 6.45) is 13.2. The van der Waals surface area contributed by atoms with Gasteiger partial charge in [-0.05, 0) is 48.6 Å². The summed E-state index contributed by atoms with van der Waals surface area (Å²) < 4.78 is 18.1. The van der Waals surface area contributed by atoms with Crippen molar-refractivity contribution in [2.24, 2.45) is 0 Å². The molecular weight excluding hydrogens is 508 g/mol. The van der Waals surface area contributed by atoms with Gasteiger partial charge >= 0.3 is 5.97 Å². The predicted molar refractivity (Wildman–Crippen MR) is 169 cm³/mol. The Hall–Kier alpha value is -3.27. The lowest BCUT2D eigenvalue weighted by molar-refractivity contribution is -0.148. The maximum absolute atomic E-state index is 12.3. The first-order valence-electron chi connectivity index (χ1n) is 15.8. The maximum Gasteiger partial charge on any atom is 0.306 e. The highest BCUT2D eigenvalue weighted by Gasteiger charge is 2.14. The van der Waals surface area contributed by atoms with Gasteiger partial charge in [-0.15, -0.1) is 0 Å². The number of carbonyl (C=O) groups is 1. The number of esters is 1. The average molecular weight is 559 g/mol. The van der Waals surface area contributed by atoms with E-state index in [-0.39, 0.29) is 12.1 Å². The minimum Gasteiger partial charge on any atom is -0.493 e. The fourth-order valence-corrected chi connectivity index (χ4v) is 4.89. The van der Waals surface area contributed by atoms with Gasteiger partial charge < -0.3 is 14.2 Å². The van der Waals surface area contributed by atoms with Gasteiger partial charge in [-0.3, -0.25) is 4.79 Å². The normalized spacial score (nSPS) is 11.7. The number of hydrogen-bond acceptors (Lipinski definition) is 4. The zero-order valence-electron chi connectivity index (χ0n) is 25.5. The van der Waals surface area contributed by atoms with Crippen molar-refractivity contribution in [1.29, 1.82) is 0 Å². The van der Waals surface area contributed by atoms with Crippen LogP contribution >= 0.6 is 0 Å². The first-order chi connectivity index (χ1) is 20.1. The molecule has 3 rings (SSSR count). The smallest absolute Gasteiger partial charge is 0.306 e. The van der Waals surface area contributed by atoms with Crippen LogP contribution in [0.2, 0.25) is 0 Å². The minimum atomic E-state index is -0.279. The molecule has 1 atom stereocenters. The van der Waals surface area contributed by atoms with Gasteiger partial charge in [0.25, 0.3) is 0 Å². The lowest BCUT2D eigenvalue weighted by Crippen LogP contribution is -2.08. The molecule has 0 aliphatic rings. The molecule has 0 saturated carbocycles. The molecule has 1 unspecified atom stereocenters. The van der Waals surface area contributed by atoms with Crippen molar-refractivity contribution in [1.82, 2.24) is 0 Å². The van der Waals surface area contributed by atoms with E-state index >= 15 is 0 Å². The van der Waals surface area contributed by atoms with E-state index in [1.54, 1.807) is 0 Å². The molecule has 3 aromatic carbocycles. The third kappa shape index (κ3) is 12.0. The summed E-state index contributed by atoms with van der Waals surface area (Å²) in [5.74, 6) is 1.51. The van der Waals surface area contributed by atoms with Crippen molar-refractivity contribution in [2.75, 3.05) is 6.61 Å². The molecule has 0 saturated heterocycles. The van der Waals surface area contributed by atoms with Crippen molar-refractivity contribution in [3.8, 4) is 22.6 Å². The van der Waals surface area contributed by atoms with E-state index < -0.39 is 0 Å². The molecule has 0 aliphatic carbocycles. The Morgan fingerprint density at radius 1 is 0.707 bits per heavy atom. The van der Waals surface area contributed by atoms with Crippen LogP contribution in [-0.2, 0) is 16.1 Å². The molecule has 3 aromatic rings. The van der Waals surface area contributed by atoms with E-state index in [2.05, 4.69) is 44.2 Å². The Balaban J connectivity index is 1.63. The van der Waals surface area contributed by atoms with Crippen molar-refractivity contribution >= 4 is 5.97 Å². The van der Waals surface area contributed by atoms with Crippen LogP contribution in [0.25, 0.3) is 11.1 Å². The molecule has 0 fully saturated rings. The molecule has 222 valence electrons. The third-order valence-electron chi connectivity index (χ3n) is 7.44. The summed E-state index contributed by atoms with van der Waals surface area (Å²) in [6.45, 7) is 7.58. The highest BCUT2D eigenvalue weighted by molar-refractivity contribution is 5.72. The van der Waals surface area contributed by atoms with Crippen LogP contribution < -0.4 is 9.47 Å². The van der Waals surface area contributed by atoms with Gasteiger partial charge in [0.15, 0.2) is 0 Å². The van der Waals surface area contributed by atoms with Crippen LogP contribution in [0.4, 0.5) is 0 Å². The molecule has 0 amide bonds. The molecular formula is C37H50O4. The standard InChI is InChI=1S/C37H50O4/c1-4-6-8-10-12-17-27-39-34-25-26-35(36(28-34)40-29-31-18-14-13-15-19-31)33-23-21-32(22-24-33)30(3)41-37(38)20-16-11-9-7-5-2/h13-15,18-19,21-26,28,30H,4-12,16-17,20,27,29H2,1-3H3. The van der Waals surface area contributed by atoms with E-state index in [1.807, 2.05) is 49.4 Å². The zero-order valence-corrected chi connectivity index (χ0v) is 25.5. The summed E-state index contributed by atoms with van der Waals surface area (Å²) in [5, 5.41) is 0. The second kappa shape index (κ2) is 19.0. The first-order valence-corrected chi connectivity index (χ1v) is 15.8. The van der Waals surface area contributed by atoms with E-state index in [1.165, 1.54) is 51.4 Å². The highest BCUT2D eigenvalue weighted by Crippen LogP contribution is 2.35. The van der Waals surface area contributed by atoms with Crippen LogP contribution in [0.15, 0.2) is 72.8 Å². The van der Waals surface area contributed by atoms with Gasteiger partial charge in [0, 0.05) is 18.1 Å². The monoisotopic (exact) mass is 558 g/mol. The van der Waals surface area contributed by atoms with Crippen LogP contribution in [0.3, 0.4) is 0 Å². The number of ether oxygens (including phenoxy) is 3. The molecule has 4 heteroatoms. The molecule has 4 nitrogen and oxygen atoms in total. The number of carbonyl (C=O) groups excluding carboxylic acids is 1. The summed E-state index contributed by atoms with van der Waals surface area (Å²) in [7, 11) is 0. The molecule has 0 radical (unpaired) electrons. The quantitative estimate of drug-likeness (QED) is 0.102. The lowest BCUT2D eigenvalue weighted by atomic mass is 10.0. The SMILES string of the molecule is CCCCCCCCOc1ccc(-c2ccc(C(C)OC(=O)CCCCCCC)cc2)c(OCc2ccccc2)c1. The van der Waals surface area contributed by atoms with Gasteiger partial charge in [0.2, 0.25) is 0 Å². The number of benzene rings is 3. The molecule has 0 aromatic heterocycles. The topological polar surface area (TPSA) is 44.8 Å². The molecule has 0 bridgehead atoms. The fourth-order valence-electron chi connectivity index (χ4n) is 4.89. The van der Waals surface area contributed by atoms with Crippen molar-refractivity contribution in [3.05, 3.63) is 83.9 Å². The van der Waals surface area contributed by atoms with Crippen molar-refractivity contribution < 1.29 is 19.0 Å². The third-order valence-corrected chi connectivity index (χ3v) is 7.44. The second-order valence-electron chi connectivity index (χ2n) is 11.0. The van der Waals surface area contributed by atoms with Gasteiger partial charge in [0.1, 0.15) is 24.2 Å². The molecule has 0 heterocycles. The Kier molecular flexibility index (Phi) is 14.9. The van der Waals surface area contributed by atoms with E-state index in [0.29, 0.717) is 19.6 Å². The van der Waals surface area contributed by atoms with Gasteiger partial charge in [-0.2, -0.15) is 0 Å². The van der Waals surface area contributed by atoms with Crippen molar-refractivity contribution in [2.45, 2.75) is 111 Å². The summed E-state index contributed by atoms with van der Waals surface area (Å²) in [4.78, 5) is 12.3. The highest BCUT2D eigenvalue weighted by atomic mass is 16.5. The summed E-state index contributed by atoms with van der Waals surface area (Å²) >= 11 is 0. The molecule has 41 heavy (non-hydrogen) atoms. The summed E-state index contributed by atoms with van der Waals surface area (Å²) in [6, 6.07) is 24.6. The van der Waals surface area contributed by atoms with Crippen LogP contribution in [0.5, 0.6) is 11.5 Å². The largest absolute Gasteiger partial charge is 0.493 e. The van der Waals surface area contributed by atoms with Crippen molar-refractivity contribution in [3.63, 3.8) is 0 Å². The molecule has 0 aliphatic heterocycles. The van der Waals surface area contributed by atoms with E-state index in [0.717, 1.165) is 53.0 Å². The van der Waals surface area contributed by atoms with Gasteiger partial charge in [0.05, 0.1) is 6.61 Å². The first kappa shape index (κ1) is 32.2. The lowest BCUT2D eigenvalue weighted by Gasteiger charge is -2.16. The van der Waals surface area contributed by atoms with Crippen LogP contribution in [0, 0.1) is 0 Å². The van der Waals surface area contributed by atoms with E-state index in [9.17, 15) is 4.79 Å². The zero-order chi connectivity index (χ0) is 29.1. The Morgan fingerprint density at radius 2 is 1.37 bits per heavy atom. The van der Waals surface area contributed by atoms with Crippen LogP contribution in [0.1, 0.15) is 115 Å². The molecule has 0 N–H and O–H groups in total. The Bertz CT molecular complexity index is 1120. The van der Waals surface area contributed by atoms with E-state index in [4.69, 9.17) is 14.2 Å². The van der Waals surface area contributed by atoms with Crippen LogP contribution in [-0.4, -0.2) is 12.6 Å². The van der Waals surface area contributed by atoms with Gasteiger partial charge in [-0.1, -0.05) is 126 Å². The molecule has 0 spiro atoms. The maximum atomic E-state index is 12.3. The number of rotatable bonds is 20. The fraction of sp³-hybridized carbons (Fsp3) is 0.486. The van der Waals surface area contributed by atoms with Gasteiger partial charge in [-0.25, -0.2) is 0 Å². The predicted octanol–water partition coefficient (Wildman–Crippen LogP) is 10.6. The Labute approximate surface area is 248 Å².